The summed E-state index contributed by atoms with van der Waals surface area (Å²) in [6.45, 7) is 1.72. The maximum Gasteiger partial charge on any atom is 0.401 e. The largest absolute Gasteiger partial charge is 0.401 e. The summed E-state index contributed by atoms with van der Waals surface area (Å²) < 4.78 is 39.0. The van der Waals surface area contributed by atoms with E-state index < -0.39 is 12.7 Å². The van der Waals surface area contributed by atoms with Gasteiger partial charge in [0.15, 0.2) is 0 Å². The fourth-order valence-corrected chi connectivity index (χ4v) is 3.97. The maximum atomic E-state index is 12.5. The van der Waals surface area contributed by atoms with E-state index in [1.165, 1.54) is 6.20 Å². The molecule has 3 rings (SSSR count). The Bertz CT molecular complexity index is 711. The van der Waals surface area contributed by atoms with Crippen molar-refractivity contribution in [1.82, 2.24) is 14.9 Å². The molecule has 1 fully saturated rings. The molecule has 1 aliphatic carbocycles. The molecule has 0 radical (unpaired) electrons. The lowest BCUT2D eigenvalue weighted by molar-refractivity contribution is -0.126. The number of hydrogen-bond acceptors (Lipinski definition) is 5. The molecule has 0 saturated heterocycles. The molecule has 0 amide bonds. The van der Waals surface area contributed by atoms with E-state index in [1.807, 2.05) is 6.92 Å². The molecule has 2 aliphatic rings. The SMILES string of the molecule is CC[C@@H]1C[C@H](NCC(F)(F)F)C[C@@H]1C(=N)n1c2c(ncc1=N)NCC2. The summed E-state index contributed by atoms with van der Waals surface area (Å²) in [6, 6.07) is -0.250. The molecule has 2 heterocycles. The Morgan fingerprint density at radius 1 is 1.44 bits per heavy atom. The first kappa shape index (κ1) is 17.9. The second-order valence-corrected chi connectivity index (χ2v) is 6.78. The van der Waals surface area contributed by atoms with E-state index in [-0.39, 0.29) is 23.4 Å². The molecular formula is C16H23F3N6. The lowest BCUT2D eigenvalue weighted by Crippen LogP contribution is -2.37. The van der Waals surface area contributed by atoms with Crippen molar-refractivity contribution in [2.24, 2.45) is 11.8 Å². The van der Waals surface area contributed by atoms with E-state index in [0.29, 0.717) is 30.9 Å². The fraction of sp³-hybridized carbons (Fsp3) is 0.688. The van der Waals surface area contributed by atoms with Crippen molar-refractivity contribution < 1.29 is 13.2 Å². The number of alkyl halides is 3. The van der Waals surface area contributed by atoms with Gasteiger partial charge < -0.3 is 10.6 Å². The number of aromatic nitrogens is 2. The number of halogens is 3. The van der Waals surface area contributed by atoms with Crippen LogP contribution in [-0.2, 0) is 6.42 Å². The average molecular weight is 356 g/mol. The van der Waals surface area contributed by atoms with Gasteiger partial charge in [0.05, 0.1) is 18.4 Å². The van der Waals surface area contributed by atoms with Gasteiger partial charge in [-0.2, -0.15) is 13.2 Å². The van der Waals surface area contributed by atoms with Crippen LogP contribution in [0.3, 0.4) is 0 Å². The topological polar surface area (TPSA) is 89.6 Å². The molecule has 1 aromatic heterocycles. The summed E-state index contributed by atoms with van der Waals surface area (Å²) in [7, 11) is 0. The highest BCUT2D eigenvalue weighted by Crippen LogP contribution is 2.36. The molecule has 4 N–H and O–H groups in total. The quantitative estimate of drug-likeness (QED) is 0.492. The first-order valence-electron chi connectivity index (χ1n) is 8.58. The molecular weight excluding hydrogens is 333 g/mol. The first-order chi connectivity index (χ1) is 11.8. The lowest BCUT2D eigenvalue weighted by atomic mass is 9.92. The maximum absolute atomic E-state index is 12.5. The molecule has 138 valence electrons. The molecule has 3 atom stereocenters. The molecule has 1 saturated carbocycles. The van der Waals surface area contributed by atoms with Gasteiger partial charge in [0.1, 0.15) is 17.1 Å². The van der Waals surface area contributed by atoms with Crippen molar-refractivity contribution in [2.45, 2.75) is 44.8 Å². The van der Waals surface area contributed by atoms with Gasteiger partial charge in [-0.3, -0.25) is 15.4 Å². The van der Waals surface area contributed by atoms with Crippen molar-refractivity contribution in [3.05, 3.63) is 17.4 Å². The molecule has 1 aromatic rings. The summed E-state index contributed by atoms with van der Waals surface area (Å²) in [5.74, 6) is 0.981. The Morgan fingerprint density at radius 3 is 2.88 bits per heavy atom. The fourth-order valence-electron chi connectivity index (χ4n) is 3.97. The van der Waals surface area contributed by atoms with Crippen LogP contribution in [0.5, 0.6) is 0 Å². The van der Waals surface area contributed by atoms with Crippen LogP contribution in [0.1, 0.15) is 31.9 Å². The minimum absolute atomic E-state index is 0.142. The average Bonchev–Trinajstić information content (AvgIpc) is 3.17. The molecule has 0 unspecified atom stereocenters. The van der Waals surface area contributed by atoms with Crippen molar-refractivity contribution in [1.29, 1.82) is 10.8 Å². The second kappa shape index (κ2) is 6.78. The highest BCUT2D eigenvalue weighted by Gasteiger charge is 2.39. The summed E-state index contributed by atoms with van der Waals surface area (Å²) in [4.78, 5) is 4.19. The Kier molecular flexibility index (Phi) is 4.86. The Balaban J connectivity index is 1.80. The van der Waals surface area contributed by atoms with Crippen LogP contribution in [0.15, 0.2) is 6.20 Å². The van der Waals surface area contributed by atoms with Gasteiger partial charge in [-0.25, -0.2) is 4.98 Å². The Hall–Kier alpha value is -1.90. The standard InChI is InChI=1S/C16H23F3N6/c1-2-9-5-10(24-8-16(17,18)19)6-11(9)14(21)25-12-3-4-22-15(12)23-7-13(25)20/h7,9-11,20-22,24H,2-6,8H2,1H3/t9-,10+,11+/m1/s1. The summed E-state index contributed by atoms with van der Waals surface area (Å²) in [5.41, 5.74) is 0.966. The minimum atomic E-state index is -4.23. The smallest absolute Gasteiger partial charge is 0.368 e. The molecule has 6 nitrogen and oxygen atoms in total. The van der Waals surface area contributed by atoms with Gasteiger partial charge in [-0.1, -0.05) is 13.3 Å². The monoisotopic (exact) mass is 356 g/mol. The summed E-state index contributed by atoms with van der Waals surface area (Å²) >= 11 is 0. The Morgan fingerprint density at radius 2 is 2.20 bits per heavy atom. The van der Waals surface area contributed by atoms with Gasteiger partial charge >= 0.3 is 6.18 Å². The van der Waals surface area contributed by atoms with Gasteiger partial charge in [0.25, 0.3) is 0 Å². The normalized spacial score (nSPS) is 25.7. The second-order valence-electron chi connectivity index (χ2n) is 6.78. The van der Waals surface area contributed by atoms with E-state index in [9.17, 15) is 13.2 Å². The first-order valence-corrected chi connectivity index (χ1v) is 8.58. The number of hydrogen-bond donors (Lipinski definition) is 4. The number of nitrogens with one attached hydrogen (secondary N) is 4. The number of anilines is 1. The van der Waals surface area contributed by atoms with Crippen LogP contribution >= 0.6 is 0 Å². The van der Waals surface area contributed by atoms with Gasteiger partial charge in [-0.15, -0.1) is 0 Å². The van der Waals surface area contributed by atoms with Crippen LogP contribution < -0.4 is 16.1 Å². The van der Waals surface area contributed by atoms with Crippen molar-refractivity contribution >= 4 is 11.7 Å². The van der Waals surface area contributed by atoms with Gasteiger partial charge in [0, 0.05) is 24.9 Å². The Labute approximate surface area is 143 Å². The number of nitrogens with zero attached hydrogens (tertiary/aromatic N) is 2. The van der Waals surface area contributed by atoms with Gasteiger partial charge in [0.2, 0.25) is 0 Å². The molecule has 0 aromatic carbocycles. The molecule has 0 spiro atoms. The number of fused-ring (bicyclic) bond motifs is 1. The summed E-state index contributed by atoms with van der Waals surface area (Å²) in [6.07, 6.45) is -0.203. The van der Waals surface area contributed by atoms with E-state index >= 15 is 0 Å². The zero-order valence-electron chi connectivity index (χ0n) is 14.1. The van der Waals surface area contributed by atoms with Crippen LogP contribution in [0.2, 0.25) is 0 Å². The van der Waals surface area contributed by atoms with E-state index in [4.69, 9.17) is 10.8 Å². The third kappa shape index (κ3) is 3.70. The third-order valence-electron chi connectivity index (χ3n) is 5.16. The highest BCUT2D eigenvalue weighted by atomic mass is 19.4. The summed E-state index contributed by atoms with van der Waals surface area (Å²) in [5, 5.41) is 22.5. The molecule has 1 aliphatic heterocycles. The van der Waals surface area contributed by atoms with E-state index in [1.54, 1.807) is 4.57 Å². The number of rotatable bonds is 4. The van der Waals surface area contributed by atoms with Crippen LogP contribution in [0, 0.1) is 22.7 Å². The van der Waals surface area contributed by atoms with Crippen molar-refractivity contribution in [3.8, 4) is 0 Å². The van der Waals surface area contributed by atoms with E-state index in [0.717, 1.165) is 18.7 Å². The van der Waals surface area contributed by atoms with Crippen LogP contribution in [0.25, 0.3) is 0 Å². The zero-order chi connectivity index (χ0) is 18.2. The zero-order valence-corrected chi connectivity index (χ0v) is 14.1. The molecule has 0 bridgehead atoms. The highest BCUT2D eigenvalue weighted by molar-refractivity contribution is 5.86. The third-order valence-corrected chi connectivity index (χ3v) is 5.16. The van der Waals surface area contributed by atoms with Crippen LogP contribution in [-0.4, -0.2) is 40.7 Å². The van der Waals surface area contributed by atoms with Crippen molar-refractivity contribution in [3.63, 3.8) is 0 Å². The molecule has 9 heteroatoms. The predicted molar refractivity (Wildman–Crippen MR) is 87.8 cm³/mol. The van der Waals surface area contributed by atoms with E-state index in [2.05, 4.69) is 15.6 Å². The lowest BCUT2D eigenvalue weighted by Gasteiger charge is -2.22. The predicted octanol–water partition coefficient (Wildman–Crippen LogP) is 2.11. The van der Waals surface area contributed by atoms with Gasteiger partial charge in [-0.05, 0) is 18.8 Å². The van der Waals surface area contributed by atoms with Crippen LogP contribution in [0.4, 0.5) is 19.0 Å². The van der Waals surface area contributed by atoms with Crippen molar-refractivity contribution in [2.75, 3.05) is 18.4 Å². The molecule has 25 heavy (non-hydrogen) atoms. The minimum Gasteiger partial charge on any atom is -0.368 e.